The molecule has 0 aliphatic carbocycles. The number of rotatable bonds is 4. The van der Waals surface area contributed by atoms with Crippen molar-refractivity contribution in [2.45, 2.75) is 19.4 Å². The van der Waals surface area contributed by atoms with Gasteiger partial charge in [0, 0.05) is 6.04 Å². The van der Waals surface area contributed by atoms with E-state index in [2.05, 4.69) is 0 Å². The van der Waals surface area contributed by atoms with E-state index in [-0.39, 0.29) is 12.4 Å². The summed E-state index contributed by atoms with van der Waals surface area (Å²) in [5, 5.41) is 0.437. The van der Waals surface area contributed by atoms with Crippen LogP contribution in [0.5, 0.6) is 11.5 Å². The van der Waals surface area contributed by atoms with Crippen LogP contribution < -0.4 is 15.2 Å². The molecule has 1 atom stereocenters. The largest absolute Gasteiger partial charge is 0.486 e. The second-order valence-electron chi connectivity index (χ2n) is 4.14. The highest BCUT2D eigenvalue weighted by molar-refractivity contribution is 6.32. The molecule has 19 heavy (non-hydrogen) atoms. The van der Waals surface area contributed by atoms with Gasteiger partial charge in [-0.15, -0.1) is 0 Å². The van der Waals surface area contributed by atoms with E-state index in [0.717, 1.165) is 5.56 Å². The molecule has 0 unspecified atom stereocenters. The number of carbonyl (C=O) groups excluding carboxylic acids is 1. The van der Waals surface area contributed by atoms with Crippen LogP contribution in [-0.2, 0) is 9.53 Å². The van der Waals surface area contributed by atoms with Gasteiger partial charge in [0.2, 0.25) is 0 Å². The molecule has 1 aromatic carbocycles. The molecule has 0 aromatic heterocycles. The number of carbonyl (C=O) groups is 1. The maximum Gasteiger partial charge on any atom is 0.307 e. The van der Waals surface area contributed by atoms with E-state index >= 15 is 0 Å². The Balaban J connectivity index is 2.16. The molecule has 0 spiro atoms. The van der Waals surface area contributed by atoms with Gasteiger partial charge in [-0.1, -0.05) is 11.6 Å². The zero-order chi connectivity index (χ0) is 13.8. The molecular formula is C13H16ClNO4. The minimum absolute atomic E-state index is 0.101. The minimum Gasteiger partial charge on any atom is -0.486 e. The van der Waals surface area contributed by atoms with E-state index in [1.54, 1.807) is 19.1 Å². The zero-order valence-corrected chi connectivity index (χ0v) is 11.4. The number of halogens is 1. The van der Waals surface area contributed by atoms with E-state index in [9.17, 15) is 4.79 Å². The number of fused-ring (bicyclic) bond motifs is 1. The molecule has 1 aromatic rings. The smallest absolute Gasteiger partial charge is 0.307 e. The Bertz CT molecular complexity index is 478. The van der Waals surface area contributed by atoms with Gasteiger partial charge in [-0.25, -0.2) is 0 Å². The van der Waals surface area contributed by atoms with Gasteiger partial charge in [-0.05, 0) is 24.6 Å². The summed E-state index contributed by atoms with van der Waals surface area (Å²) in [6.07, 6.45) is 0.101. The average Bonchev–Trinajstić information content (AvgIpc) is 2.39. The fraction of sp³-hybridized carbons (Fsp3) is 0.462. The summed E-state index contributed by atoms with van der Waals surface area (Å²) in [5.41, 5.74) is 6.70. The summed E-state index contributed by atoms with van der Waals surface area (Å²) < 4.78 is 15.8. The maximum absolute atomic E-state index is 11.4. The molecule has 0 amide bonds. The lowest BCUT2D eigenvalue weighted by Crippen LogP contribution is -2.19. The predicted octanol–water partition coefficient (Wildman–Crippen LogP) is 2.06. The molecule has 5 nitrogen and oxygen atoms in total. The first-order valence-electron chi connectivity index (χ1n) is 6.12. The lowest BCUT2D eigenvalue weighted by Gasteiger charge is -2.21. The SMILES string of the molecule is CCOC(=O)C[C@H](N)c1cc(Cl)c2c(c1)OCCO2. The van der Waals surface area contributed by atoms with Crippen molar-refractivity contribution in [1.82, 2.24) is 0 Å². The van der Waals surface area contributed by atoms with Crippen LogP contribution in [0, 0.1) is 0 Å². The third kappa shape index (κ3) is 3.30. The van der Waals surface area contributed by atoms with Crippen LogP contribution >= 0.6 is 11.6 Å². The van der Waals surface area contributed by atoms with E-state index in [0.29, 0.717) is 36.3 Å². The first kappa shape index (κ1) is 14.0. The van der Waals surface area contributed by atoms with Gasteiger partial charge in [-0.2, -0.15) is 0 Å². The average molecular weight is 286 g/mol. The fourth-order valence-electron chi connectivity index (χ4n) is 1.86. The van der Waals surface area contributed by atoms with Gasteiger partial charge < -0.3 is 19.9 Å². The molecule has 0 fully saturated rings. The summed E-state index contributed by atoms with van der Waals surface area (Å²) >= 11 is 6.11. The number of esters is 1. The van der Waals surface area contributed by atoms with Crippen LogP contribution in [0.2, 0.25) is 5.02 Å². The summed E-state index contributed by atoms with van der Waals surface area (Å²) in [6.45, 7) is 3.04. The Morgan fingerprint density at radius 1 is 1.47 bits per heavy atom. The highest BCUT2D eigenvalue weighted by Gasteiger charge is 2.20. The lowest BCUT2D eigenvalue weighted by atomic mass is 10.0. The Morgan fingerprint density at radius 2 is 2.21 bits per heavy atom. The summed E-state index contributed by atoms with van der Waals surface area (Å²) in [4.78, 5) is 11.4. The van der Waals surface area contributed by atoms with Crippen LogP contribution in [0.1, 0.15) is 24.9 Å². The molecule has 1 aliphatic heterocycles. The lowest BCUT2D eigenvalue weighted by molar-refractivity contribution is -0.143. The topological polar surface area (TPSA) is 70.8 Å². The molecule has 0 bridgehead atoms. The molecule has 2 rings (SSSR count). The van der Waals surface area contributed by atoms with E-state index in [1.807, 2.05) is 0 Å². The molecule has 0 radical (unpaired) electrons. The standard InChI is InChI=1S/C13H16ClNO4/c1-2-17-12(16)7-10(15)8-5-9(14)13-11(6-8)18-3-4-19-13/h5-6,10H,2-4,7,15H2,1H3/t10-/m0/s1. The van der Waals surface area contributed by atoms with Crippen molar-refractivity contribution in [2.75, 3.05) is 19.8 Å². The number of nitrogens with two attached hydrogens (primary N) is 1. The molecular weight excluding hydrogens is 270 g/mol. The highest BCUT2D eigenvalue weighted by Crippen LogP contribution is 2.39. The van der Waals surface area contributed by atoms with Crippen molar-refractivity contribution >= 4 is 17.6 Å². The number of hydrogen-bond donors (Lipinski definition) is 1. The summed E-state index contributed by atoms with van der Waals surface area (Å²) in [7, 11) is 0. The van der Waals surface area contributed by atoms with Gasteiger partial charge in [0.05, 0.1) is 18.1 Å². The van der Waals surface area contributed by atoms with Crippen LogP contribution in [0.4, 0.5) is 0 Å². The van der Waals surface area contributed by atoms with E-state index < -0.39 is 6.04 Å². The van der Waals surface area contributed by atoms with Crippen molar-refractivity contribution in [3.05, 3.63) is 22.7 Å². The van der Waals surface area contributed by atoms with Crippen LogP contribution in [0.3, 0.4) is 0 Å². The van der Waals surface area contributed by atoms with Crippen molar-refractivity contribution in [3.63, 3.8) is 0 Å². The second kappa shape index (κ2) is 6.12. The van der Waals surface area contributed by atoms with Crippen molar-refractivity contribution in [1.29, 1.82) is 0 Å². The van der Waals surface area contributed by atoms with Crippen molar-refractivity contribution in [3.8, 4) is 11.5 Å². The Labute approximate surface area is 116 Å². The molecule has 2 N–H and O–H groups in total. The maximum atomic E-state index is 11.4. The zero-order valence-electron chi connectivity index (χ0n) is 10.6. The van der Waals surface area contributed by atoms with Crippen LogP contribution in [-0.4, -0.2) is 25.8 Å². The minimum atomic E-state index is -0.479. The monoisotopic (exact) mass is 285 g/mol. The molecule has 0 saturated heterocycles. The first-order valence-corrected chi connectivity index (χ1v) is 6.50. The quantitative estimate of drug-likeness (QED) is 0.858. The van der Waals surface area contributed by atoms with Crippen LogP contribution in [0.25, 0.3) is 0 Å². The normalized spacial score (nSPS) is 14.9. The van der Waals surface area contributed by atoms with E-state index in [1.165, 1.54) is 0 Å². The van der Waals surface area contributed by atoms with Gasteiger partial charge in [0.15, 0.2) is 11.5 Å². The Kier molecular flexibility index (Phi) is 4.50. The number of ether oxygens (including phenoxy) is 3. The number of benzene rings is 1. The van der Waals surface area contributed by atoms with Crippen molar-refractivity contribution in [2.24, 2.45) is 5.73 Å². The Hall–Kier alpha value is -1.46. The highest BCUT2D eigenvalue weighted by atomic mass is 35.5. The molecule has 1 aliphatic rings. The number of hydrogen-bond acceptors (Lipinski definition) is 5. The summed E-state index contributed by atoms with van der Waals surface area (Å²) in [5.74, 6) is 0.758. The second-order valence-corrected chi connectivity index (χ2v) is 4.55. The molecule has 1 heterocycles. The molecule has 0 saturated carbocycles. The molecule has 6 heteroatoms. The van der Waals surface area contributed by atoms with Gasteiger partial charge in [0.1, 0.15) is 13.2 Å². The van der Waals surface area contributed by atoms with Gasteiger partial charge in [-0.3, -0.25) is 4.79 Å². The van der Waals surface area contributed by atoms with Crippen molar-refractivity contribution < 1.29 is 19.0 Å². The van der Waals surface area contributed by atoms with Crippen LogP contribution in [0.15, 0.2) is 12.1 Å². The third-order valence-corrected chi connectivity index (χ3v) is 3.02. The summed E-state index contributed by atoms with van der Waals surface area (Å²) in [6, 6.07) is 2.97. The Morgan fingerprint density at radius 3 is 2.95 bits per heavy atom. The molecule has 104 valence electrons. The predicted molar refractivity (Wildman–Crippen MR) is 70.6 cm³/mol. The van der Waals surface area contributed by atoms with Gasteiger partial charge >= 0.3 is 5.97 Å². The first-order chi connectivity index (χ1) is 9.11. The van der Waals surface area contributed by atoms with E-state index in [4.69, 9.17) is 31.5 Å². The third-order valence-electron chi connectivity index (χ3n) is 2.74. The van der Waals surface area contributed by atoms with Gasteiger partial charge in [0.25, 0.3) is 0 Å². The fourth-order valence-corrected chi connectivity index (χ4v) is 2.14.